The summed E-state index contributed by atoms with van der Waals surface area (Å²) >= 11 is 7.36. The molecule has 0 spiro atoms. The van der Waals surface area contributed by atoms with Crippen molar-refractivity contribution >= 4 is 40.5 Å². The summed E-state index contributed by atoms with van der Waals surface area (Å²) < 4.78 is 18.1. The number of hydrogen-bond donors (Lipinski definition) is 1. The fourth-order valence-corrected chi connectivity index (χ4v) is 7.90. The topological polar surface area (TPSA) is 56.8 Å². The van der Waals surface area contributed by atoms with Crippen LogP contribution in [0.25, 0.3) is 0 Å². The van der Waals surface area contributed by atoms with E-state index >= 15 is 0 Å². The van der Waals surface area contributed by atoms with Gasteiger partial charge in [0.1, 0.15) is 5.75 Å². The minimum absolute atomic E-state index is 0.0175. The van der Waals surface area contributed by atoms with Gasteiger partial charge in [-0.1, -0.05) is 71.5 Å². The van der Waals surface area contributed by atoms with E-state index in [0.717, 1.165) is 18.6 Å². The lowest BCUT2D eigenvalue weighted by Gasteiger charge is -2.24. The van der Waals surface area contributed by atoms with Gasteiger partial charge in [-0.25, -0.2) is 0 Å². The lowest BCUT2D eigenvalue weighted by Crippen LogP contribution is -2.15. The fourth-order valence-electron chi connectivity index (χ4n) is 3.04. The molecule has 35 heavy (non-hydrogen) atoms. The number of benzene rings is 2. The third-order valence-electron chi connectivity index (χ3n) is 5.04. The molecular formula is C27H40NO4PS2. The summed E-state index contributed by atoms with van der Waals surface area (Å²) in [5.74, 6) is 2.22. The van der Waals surface area contributed by atoms with Crippen LogP contribution in [0.2, 0.25) is 0 Å². The Kier molecular flexibility index (Phi) is 11.6. The third-order valence-corrected chi connectivity index (χ3v) is 10.6. The number of carbonyl (C=O) groups excluding carboxylic acids is 1. The van der Waals surface area contributed by atoms with Crippen LogP contribution in [0.1, 0.15) is 77.2 Å². The first-order valence-corrected chi connectivity index (χ1v) is 16.5. The number of rotatable bonds is 13. The van der Waals surface area contributed by atoms with Gasteiger partial charge in [0.25, 0.3) is 11.6 Å². The summed E-state index contributed by atoms with van der Waals surface area (Å²) in [6, 6.07) is 13.1. The average molecular weight is 538 g/mol. The fraction of sp³-hybridized carbons (Fsp3) is 0.519. The molecule has 1 amide bonds. The number of nitrogens with one attached hydrogen (secondary N) is 1. The van der Waals surface area contributed by atoms with Gasteiger partial charge in [-0.15, -0.1) is 0 Å². The van der Waals surface area contributed by atoms with Crippen LogP contribution in [0.5, 0.6) is 11.5 Å². The molecule has 0 aliphatic heterocycles. The van der Waals surface area contributed by atoms with Crippen LogP contribution < -0.4 is 14.6 Å². The van der Waals surface area contributed by atoms with Crippen molar-refractivity contribution in [2.24, 2.45) is 5.92 Å². The van der Waals surface area contributed by atoms with Crippen molar-refractivity contribution < 1.29 is 18.6 Å². The van der Waals surface area contributed by atoms with Gasteiger partial charge in [-0.2, -0.15) is 0 Å². The van der Waals surface area contributed by atoms with Crippen molar-refractivity contribution in [2.75, 3.05) is 24.3 Å². The molecule has 0 saturated heterocycles. The van der Waals surface area contributed by atoms with Crippen molar-refractivity contribution in [3.63, 3.8) is 0 Å². The van der Waals surface area contributed by atoms with E-state index in [-0.39, 0.29) is 11.3 Å². The minimum atomic E-state index is -2.65. The summed E-state index contributed by atoms with van der Waals surface area (Å²) in [6.07, 6.45) is 2.00. The minimum Gasteiger partial charge on any atom is -0.494 e. The van der Waals surface area contributed by atoms with E-state index in [1.54, 1.807) is 12.1 Å². The van der Waals surface area contributed by atoms with E-state index in [9.17, 15) is 4.79 Å². The predicted molar refractivity (Wildman–Crippen MR) is 154 cm³/mol. The Balaban J connectivity index is 2.33. The van der Waals surface area contributed by atoms with Crippen LogP contribution >= 0.6 is 17.1 Å². The number of carbonyl (C=O) groups is 1. The first-order chi connectivity index (χ1) is 16.5. The van der Waals surface area contributed by atoms with Crippen molar-refractivity contribution in [2.45, 2.75) is 66.7 Å². The van der Waals surface area contributed by atoms with E-state index in [1.165, 1.54) is 16.9 Å². The molecule has 0 heterocycles. The molecule has 0 aliphatic rings. The zero-order chi connectivity index (χ0) is 26.1. The molecule has 1 atom stereocenters. The van der Waals surface area contributed by atoms with Gasteiger partial charge in [-0.05, 0) is 66.3 Å². The van der Waals surface area contributed by atoms with Crippen molar-refractivity contribution in [1.29, 1.82) is 0 Å². The molecule has 5 nitrogen and oxygen atoms in total. The second kappa shape index (κ2) is 13.7. The average Bonchev–Trinajstić information content (AvgIpc) is 2.79. The van der Waals surface area contributed by atoms with E-state index in [4.69, 9.17) is 25.6 Å². The SMILES string of the molecule is CCCCOc1ccc(OP(=S)(OCC)SCC(C)C)c(NC(=O)c2ccc(C(C)(C)C)cc2)c1. The quantitative estimate of drug-likeness (QED) is 0.204. The summed E-state index contributed by atoms with van der Waals surface area (Å²) in [7, 11) is 0. The van der Waals surface area contributed by atoms with Gasteiger partial charge in [0.05, 0.1) is 18.9 Å². The zero-order valence-electron chi connectivity index (χ0n) is 22.1. The highest BCUT2D eigenvalue weighted by molar-refractivity contribution is 8.68. The molecule has 2 aromatic carbocycles. The van der Waals surface area contributed by atoms with E-state index < -0.39 is 5.69 Å². The smallest absolute Gasteiger partial charge is 0.297 e. The summed E-state index contributed by atoms with van der Waals surface area (Å²) in [4.78, 5) is 13.1. The van der Waals surface area contributed by atoms with Crippen molar-refractivity contribution in [1.82, 2.24) is 0 Å². The van der Waals surface area contributed by atoms with Crippen LogP contribution in [-0.4, -0.2) is 24.9 Å². The van der Waals surface area contributed by atoms with Crippen LogP contribution in [-0.2, 0) is 21.7 Å². The Morgan fingerprint density at radius 2 is 1.80 bits per heavy atom. The second-order valence-corrected chi connectivity index (χ2v) is 16.1. The Morgan fingerprint density at radius 1 is 1.11 bits per heavy atom. The van der Waals surface area contributed by atoms with Crippen molar-refractivity contribution in [3.8, 4) is 11.5 Å². The summed E-state index contributed by atoms with van der Waals surface area (Å²) in [5, 5.41) is 3.01. The van der Waals surface area contributed by atoms with Gasteiger partial charge in [0.2, 0.25) is 0 Å². The first kappa shape index (κ1) is 29.7. The standard InChI is InChI=1S/C27H40NO4PS2/c1-8-10-17-30-23-15-16-25(32-33(34,31-9-2)35-19-20(3)4)24(18-23)28-26(29)21-11-13-22(14-12-21)27(5,6)7/h11-16,18,20H,8-10,17,19H2,1-7H3,(H,28,29). The van der Waals surface area contributed by atoms with E-state index in [0.29, 0.717) is 41.9 Å². The monoisotopic (exact) mass is 537 g/mol. The Bertz CT molecular complexity index is 1000. The number of amides is 1. The summed E-state index contributed by atoms with van der Waals surface area (Å²) in [6.45, 7) is 15.8. The van der Waals surface area contributed by atoms with Crippen LogP contribution in [0.4, 0.5) is 5.69 Å². The Labute approximate surface area is 220 Å². The van der Waals surface area contributed by atoms with Crippen LogP contribution in [0.15, 0.2) is 42.5 Å². The molecule has 2 aromatic rings. The third kappa shape index (κ3) is 9.80. The van der Waals surface area contributed by atoms with Gasteiger partial charge < -0.3 is 19.1 Å². The molecule has 8 heteroatoms. The van der Waals surface area contributed by atoms with Crippen LogP contribution in [0.3, 0.4) is 0 Å². The van der Waals surface area contributed by atoms with Gasteiger partial charge >= 0.3 is 0 Å². The lowest BCUT2D eigenvalue weighted by atomic mass is 9.87. The molecule has 0 aliphatic carbocycles. The maximum atomic E-state index is 13.1. The van der Waals surface area contributed by atoms with Gasteiger partial charge in [0.15, 0.2) is 5.75 Å². The lowest BCUT2D eigenvalue weighted by molar-refractivity contribution is 0.102. The highest BCUT2D eigenvalue weighted by Crippen LogP contribution is 2.61. The van der Waals surface area contributed by atoms with E-state index in [1.807, 2.05) is 37.3 Å². The predicted octanol–water partition coefficient (Wildman–Crippen LogP) is 8.44. The number of ether oxygens (including phenoxy) is 1. The Morgan fingerprint density at radius 3 is 2.37 bits per heavy atom. The van der Waals surface area contributed by atoms with Crippen molar-refractivity contribution in [3.05, 3.63) is 53.6 Å². The largest absolute Gasteiger partial charge is 0.494 e. The van der Waals surface area contributed by atoms with Gasteiger partial charge in [0, 0.05) is 17.4 Å². The zero-order valence-corrected chi connectivity index (χ0v) is 24.6. The highest BCUT2D eigenvalue weighted by Gasteiger charge is 2.24. The Hall–Kier alpha value is -1.53. The molecule has 0 bridgehead atoms. The first-order valence-electron chi connectivity index (χ1n) is 12.2. The molecule has 0 saturated carbocycles. The van der Waals surface area contributed by atoms with Gasteiger partial charge in [-0.3, -0.25) is 4.79 Å². The molecule has 2 rings (SSSR count). The molecule has 1 N–H and O–H groups in total. The molecule has 1 unspecified atom stereocenters. The molecule has 0 radical (unpaired) electrons. The molecule has 0 fully saturated rings. The summed E-state index contributed by atoms with van der Waals surface area (Å²) in [5.41, 5.74) is -0.372. The normalized spacial score (nSPS) is 13.4. The number of unbranched alkanes of at least 4 members (excludes halogenated alkanes) is 1. The maximum absolute atomic E-state index is 13.1. The molecule has 194 valence electrons. The molecule has 0 aromatic heterocycles. The number of hydrogen-bond acceptors (Lipinski definition) is 6. The molecular weight excluding hydrogens is 497 g/mol. The van der Waals surface area contributed by atoms with Crippen LogP contribution in [0, 0.1) is 5.92 Å². The highest BCUT2D eigenvalue weighted by atomic mass is 32.9. The number of anilines is 1. The maximum Gasteiger partial charge on any atom is 0.297 e. The van der Waals surface area contributed by atoms with E-state index in [2.05, 4.69) is 46.9 Å². The second-order valence-electron chi connectivity index (χ2n) is 9.79.